The van der Waals surface area contributed by atoms with E-state index in [1.165, 1.54) is 0 Å². The average molecular weight is 249 g/mol. The zero-order chi connectivity index (χ0) is 12.6. The van der Waals surface area contributed by atoms with E-state index in [-0.39, 0.29) is 0 Å². The van der Waals surface area contributed by atoms with Gasteiger partial charge in [0.1, 0.15) is 0 Å². The molecule has 0 radical (unpaired) electrons. The van der Waals surface area contributed by atoms with Gasteiger partial charge in [0.2, 0.25) is 6.79 Å². The van der Waals surface area contributed by atoms with Gasteiger partial charge < -0.3 is 19.5 Å². The van der Waals surface area contributed by atoms with Crippen LogP contribution in [0, 0.1) is 0 Å². The lowest BCUT2D eigenvalue weighted by Gasteiger charge is -2.08. The van der Waals surface area contributed by atoms with Crippen LogP contribution in [0.15, 0.2) is 30.9 Å². The van der Waals surface area contributed by atoms with Crippen LogP contribution < -0.4 is 14.8 Å². The molecule has 98 valence electrons. The molecule has 1 aromatic rings. The van der Waals surface area contributed by atoms with Gasteiger partial charge in [0.15, 0.2) is 11.5 Å². The molecule has 0 spiro atoms. The second kappa shape index (κ2) is 7.03. The Bertz CT molecular complexity index is 393. The van der Waals surface area contributed by atoms with E-state index in [4.69, 9.17) is 14.2 Å². The van der Waals surface area contributed by atoms with Gasteiger partial charge in [-0.2, -0.15) is 0 Å². The van der Waals surface area contributed by atoms with Gasteiger partial charge in [0.05, 0.1) is 13.2 Å². The summed E-state index contributed by atoms with van der Waals surface area (Å²) in [5.41, 5.74) is 1.12. The first kappa shape index (κ1) is 12.9. The molecule has 0 fully saturated rings. The van der Waals surface area contributed by atoms with Crippen molar-refractivity contribution >= 4 is 0 Å². The first-order valence-corrected chi connectivity index (χ1v) is 6.18. The quantitative estimate of drug-likeness (QED) is 0.566. The Morgan fingerprint density at radius 3 is 3.17 bits per heavy atom. The van der Waals surface area contributed by atoms with Crippen LogP contribution in [0.3, 0.4) is 0 Å². The molecule has 0 unspecified atom stereocenters. The van der Waals surface area contributed by atoms with Crippen molar-refractivity contribution in [3.8, 4) is 11.5 Å². The van der Waals surface area contributed by atoms with Crippen LogP contribution in [0.1, 0.15) is 12.0 Å². The van der Waals surface area contributed by atoms with Crippen molar-refractivity contribution in [2.75, 3.05) is 26.6 Å². The monoisotopic (exact) mass is 249 g/mol. The molecule has 0 aliphatic carbocycles. The second-order valence-electron chi connectivity index (χ2n) is 4.02. The maximum Gasteiger partial charge on any atom is 0.231 e. The molecule has 18 heavy (non-hydrogen) atoms. The lowest BCUT2D eigenvalue weighted by molar-refractivity contribution is 0.140. The number of nitrogens with one attached hydrogen (secondary N) is 1. The molecule has 0 bridgehead atoms. The molecule has 1 aromatic carbocycles. The van der Waals surface area contributed by atoms with Crippen LogP contribution in [-0.2, 0) is 11.3 Å². The Kier molecular flexibility index (Phi) is 5.05. The van der Waals surface area contributed by atoms with Crippen LogP contribution in [0.2, 0.25) is 0 Å². The van der Waals surface area contributed by atoms with Gasteiger partial charge in [-0.05, 0) is 12.5 Å². The molecule has 0 atom stereocenters. The van der Waals surface area contributed by atoms with E-state index in [9.17, 15) is 0 Å². The number of rotatable bonds is 8. The van der Waals surface area contributed by atoms with E-state index >= 15 is 0 Å². The average Bonchev–Trinajstić information content (AvgIpc) is 2.86. The number of hydrogen-bond donors (Lipinski definition) is 1. The molecule has 1 heterocycles. The molecular weight excluding hydrogens is 230 g/mol. The van der Waals surface area contributed by atoms with Crippen LogP contribution in [0.5, 0.6) is 11.5 Å². The molecule has 1 N–H and O–H groups in total. The number of fused-ring (bicyclic) bond motifs is 1. The minimum atomic E-state index is 0.316. The van der Waals surface area contributed by atoms with Crippen molar-refractivity contribution in [1.29, 1.82) is 0 Å². The predicted molar refractivity (Wildman–Crippen MR) is 69.9 cm³/mol. The number of hydrogen-bond acceptors (Lipinski definition) is 4. The summed E-state index contributed by atoms with van der Waals surface area (Å²) in [7, 11) is 0. The zero-order valence-electron chi connectivity index (χ0n) is 10.5. The molecule has 0 saturated heterocycles. The first-order chi connectivity index (χ1) is 8.92. The maximum absolute atomic E-state index is 5.44. The van der Waals surface area contributed by atoms with Crippen molar-refractivity contribution in [3.05, 3.63) is 36.4 Å². The molecule has 1 aliphatic heterocycles. The lowest BCUT2D eigenvalue weighted by Crippen LogP contribution is -2.19. The maximum atomic E-state index is 5.44. The van der Waals surface area contributed by atoms with Gasteiger partial charge in [0, 0.05) is 18.7 Å². The number of ether oxygens (including phenoxy) is 3. The fourth-order valence-corrected chi connectivity index (χ4v) is 1.77. The van der Waals surface area contributed by atoms with Crippen LogP contribution in [0.4, 0.5) is 0 Å². The van der Waals surface area contributed by atoms with Gasteiger partial charge >= 0.3 is 0 Å². The Morgan fingerprint density at radius 2 is 2.28 bits per heavy atom. The van der Waals surface area contributed by atoms with Crippen molar-refractivity contribution in [2.24, 2.45) is 0 Å². The fourth-order valence-electron chi connectivity index (χ4n) is 1.77. The molecule has 0 saturated carbocycles. The first-order valence-electron chi connectivity index (χ1n) is 6.18. The minimum Gasteiger partial charge on any atom is -0.454 e. The van der Waals surface area contributed by atoms with E-state index in [1.807, 2.05) is 24.3 Å². The summed E-state index contributed by atoms with van der Waals surface area (Å²) in [5, 5.41) is 3.32. The molecule has 0 aromatic heterocycles. The summed E-state index contributed by atoms with van der Waals surface area (Å²) in [4.78, 5) is 0. The SMILES string of the molecule is C=CCCOCCNCc1cccc2c1OCO2. The number of benzene rings is 1. The lowest BCUT2D eigenvalue weighted by atomic mass is 10.2. The standard InChI is InChI=1S/C14H19NO3/c1-2-3-8-16-9-7-15-10-12-5-4-6-13-14(12)18-11-17-13/h2,4-6,15H,1,3,7-11H2. The third-order valence-corrected chi connectivity index (χ3v) is 2.68. The molecule has 4 nitrogen and oxygen atoms in total. The van der Waals surface area contributed by atoms with E-state index in [2.05, 4.69) is 11.9 Å². The molecule has 2 rings (SSSR count). The fraction of sp³-hybridized carbons (Fsp3) is 0.429. The van der Waals surface area contributed by atoms with Gasteiger partial charge in [-0.25, -0.2) is 0 Å². The summed E-state index contributed by atoms with van der Waals surface area (Å²) in [6, 6.07) is 5.94. The Morgan fingerprint density at radius 1 is 1.33 bits per heavy atom. The van der Waals surface area contributed by atoms with Crippen LogP contribution in [-0.4, -0.2) is 26.6 Å². The van der Waals surface area contributed by atoms with Crippen molar-refractivity contribution in [1.82, 2.24) is 5.32 Å². The summed E-state index contributed by atoms with van der Waals surface area (Å²) in [5.74, 6) is 1.69. The topological polar surface area (TPSA) is 39.7 Å². The van der Waals surface area contributed by atoms with E-state index in [1.54, 1.807) is 0 Å². The Balaban J connectivity index is 1.68. The van der Waals surface area contributed by atoms with Crippen molar-refractivity contribution in [2.45, 2.75) is 13.0 Å². The highest BCUT2D eigenvalue weighted by Crippen LogP contribution is 2.34. The second-order valence-corrected chi connectivity index (χ2v) is 4.02. The van der Waals surface area contributed by atoms with Gasteiger partial charge in [0.25, 0.3) is 0 Å². The van der Waals surface area contributed by atoms with Gasteiger partial charge in [-0.3, -0.25) is 0 Å². The largest absolute Gasteiger partial charge is 0.454 e. The van der Waals surface area contributed by atoms with Crippen LogP contribution in [0.25, 0.3) is 0 Å². The Labute approximate surface area is 108 Å². The summed E-state index contributed by atoms with van der Waals surface area (Å²) in [6.45, 7) is 6.99. The third kappa shape index (κ3) is 3.48. The molecule has 1 aliphatic rings. The molecule has 0 amide bonds. The van der Waals surface area contributed by atoms with E-state index < -0.39 is 0 Å². The van der Waals surface area contributed by atoms with Crippen molar-refractivity contribution < 1.29 is 14.2 Å². The highest BCUT2D eigenvalue weighted by molar-refractivity contribution is 5.48. The highest BCUT2D eigenvalue weighted by atomic mass is 16.7. The third-order valence-electron chi connectivity index (χ3n) is 2.68. The summed E-state index contributed by atoms with van der Waals surface area (Å²) >= 11 is 0. The van der Waals surface area contributed by atoms with Gasteiger partial charge in [-0.1, -0.05) is 18.2 Å². The minimum absolute atomic E-state index is 0.316. The zero-order valence-corrected chi connectivity index (χ0v) is 10.5. The molecule has 4 heteroatoms. The smallest absolute Gasteiger partial charge is 0.231 e. The van der Waals surface area contributed by atoms with E-state index in [0.717, 1.165) is 43.2 Å². The van der Waals surface area contributed by atoms with Crippen LogP contribution >= 0.6 is 0 Å². The number of para-hydroxylation sites is 1. The normalized spacial score (nSPS) is 12.7. The summed E-state index contributed by atoms with van der Waals surface area (Å²) in [6.07, 6.45) is 2.76. The Hall–Kier alpha value is -1.52. The summed E-state index contributed by atoms with van der Waals surface area (Å²) < 4.78 is 16.2. The molecular formula is C14H19NO3. The van der Waals surface area contributed by atoms with Crippen molar-refractivity contribution in [3.63, 3.8) is 0 Å². The van der Waals surface area contributed by atoms with E-state index in [0.29, 0.717) is 13.4 Å². The van der Waals surface area contributed by atoms with Gasteiger partial charge in [-0.15, -0.1) is 6.58 Å². The predicted octanol–water partition coefficient (Wildman–Crippen LogP) is 2.10. The highest BCUT2D eigenvalue weighted by Gasteiger charge is 2.16.